The maximum absolute atomic E-state index is 13.0. The first-order valence-corrected chi connectivity index (χ1v) is 12.0. The molecule has 0 saturated heterocycles. The number of carbonyl (C=O) groups excluding carboxylic acids is 1. The zero-order valence-corrected chi connectivity index (χ0v) is 20.3. The zero-order chi connectivity index (χ0) is 25.7. The Bertz CT molecular complexity index is 1180. The minimum Gasteiger partial charge on any atom is -0.469 e. The van der Waals surface area contributed by atoms with Gasteiger partial charge in [0.25, 0.3) is 6.43 Å². The minimum atomic E-state index is -2.58. The summed E-state index contributed by atoms with van der Waals surface area (Å²) in [6.45, 7) is 1.92. The van der Waals surface area contributed by atoms with Crippen molar-refractivity contribution in [2.45, 2.75) is 51.6 Å². The standard InChI is InChI=1S/C27H30F2N4O3/c1-16-11-22(32-25(12-16)33-24-13-19(26(28)29)9-10-30-24)20-7-8-21(31-15-20)14-23(34)17-3-5-18(6-4-17)27(35)36-2/h7-13,15,17-18,23,26,34H,3-6,14H2,1-2H3,(H,30,32,33)/t17-,18-,23-/m1/s1. The second-order valence-corrected chi connectivity index (χ2v) is 9.26. The van der Waals surface area contributed by atoms with Gasteiger partial charge < -0.3 is 15.2 Å². The van der Waals surface area contributed by atoms with Crippen LogP contribution in [-0.2, 0) is 16.0 Å². The molecule has 1 aliphatic rings. The Labute approximate surface area is 209 Å². The van der Waals surface area contributed by atoms with Crippen molar-refractivity contribution in [1.82, 2.24) is 15.0 Å². The fraction of sp³-hybridized carbons (Fsp3) is 0.407. The minimum absolute atomic E-state index is 0.0684. The molecule has 0 unspecified atom stereocenters. The topological polar surface area (TPSA) is 97.2 Å². The summed E-state index contributed by atoms with van der Waals surface area (Å²) >= 11 is 0. The van der Waals surface area contributed by atoms with Crippen LogP contribution < -0.4 is 5.32 Å². The largest absolute Gasteiger partial charge is 0.469 e. The van der Waals surface area contributed by atoms with E-state index in [0.717, 1.165) is 42.5 Å². The van der Waals surface area contributed by atoms with Crippen molar-refractivity contribution in [1.29, 1.82) is 0 Å². The van der Waals surface area contributed by atoms with Gasteiger partial charge in [-0.05, 0) is 80.5 Å². The van der Waals surface area contributed by atoms with Gasteiger partial charge in [0.1, 0.15) is 11.6 Å². The van der Waals surface area contributed by atoms with Crippen LogP contribution in [0.15, 0.2) is 48.8 Å². The van der Waals surface area contributed by atoms with E-state index in [1.54, 1.807) is 6.20 Å². The molecule has 0 aromatic carbocycles. The van der Waals surface area contributed by atoms with Gasteiger partial charge in [-0.15, -0.1) is 0 Å². The van der Waals surface area contributed by atoms with Crippen LogP contribution in [-0.4, -0.2) is 39.2 Å². The van der Waals surface area contributed by atoms with E-state index in [4.69, 9.17) is 4.74 Å². The molecule has 4 rings (SSSR count). The molecule has 7 nitrogen and oxygen atoms in total. The number of esters is 1. The normalized spacial score (nSPS) is 18.6. The van der Waals surface area contributed by atoms with Crippen LogP contribution >= 0.6 is 0 Å². The second kappa shape index (κ2) is 11.5. The van der Waals surface area contributed by atoms with Crippen molar-refractivity contribution in [2.24, 2.45) is 11.8 Å². The predicted molar refractivity (Wildman–Crippen MR) is 132 cm³/mol. The summed E-state index contributed by atoms with van der Waals surface area (Å²) in [6, 6.07) is 10.1. The van der Waals surface area contributed by atoms with Crippen molar-refractivity contribution >= 4 is 17.6 Å². The first-order valence-electron chi connectivity index (χ1n) is 12.0. The van der Waals surface area contributed by atoms with E-state index in [0.29, 0.717) is 23.8 Å². The van der Waals surface area contributed by atoms with E-state index in [-0.39, 0.29) is 23.4 Å². The Kier molecular flexibility index (Phi) is 8.20. The highest BCUT2D eigenvalue weighted by molar-refractivity contribution is 5.72. The first kappa shape index (κ1) is 25.6. The Hall–Kier alpha value is -3.46. The van der Waals surface area contributed by atoms with Crippen molar-refractivity contribution in [3.8, 4) is 11.3 Å². The molecule has 1 saturated carbocycles. The Morgan fingerprint density at radius 1 is 1.11 bits per heavy atom. The van der Waals surface area contributed by atoms with E-state index in [2.05, 4.69) is 20.3 Å². The molecule has 9 heteroatoms. The second-order valence-electron chi connectivity index (χ2n) is 9.26. The molecule has 0 amide bonds. The number of aliphatic hydroxyl groups excluding tert-OH is 1. The number of halogens is 2. The molecule has 0 bridgehead atoms. The SMILES string of the molecule is COC(=O)[C@H]1CC[C@H]([C@H](O)Cc2ccc(-c3cc(C)cc(Nc4cc(C(F)F)ccn4)n3)cn2)CC1. The molecule has 0 radical (unpaired) electrons. The lowest BCUT2D eigenvalue weighted by Gasteiger charge is -2.30. The molecule has 1 aliphatic carbocycles. The van der Waals surface area contributed by atoms with Crippen LogP contribution in [0.4, 0.5) is 20.4 Å². The third-order valence-corrected chi connectivity index (χ3v) is 6.65. The number of aliphatic hydroxyl groups is 1. The molecule has 0 aliphatic heterocycles. The Morgan fingerprint density at radius 2 is 1.89 bits per heavy atom. The number of pyridine rings is 3. The fourth-order valence-corrected chi connectivity index (χ4v) is 4.65. The number of aryl methyl sites for hydroxylation is 1. The number of hydrogen-bond donors (Lipinski definition) is 2. The van der Waals surface area contributed by atoms with E-state index in [9.17, 15) is 18.7 Å². The Balaban J connectivity index is 1.40. The highest BCUT2D eigenvalue weighted by Gasteiger charge is 2.30. The Morgan fingerprint density at radius 3 is 2.56 bits per heavy atom. The summed E-state index contributed by atoms with van der Waals surface area (Å²) in [5.74, 6) is 0.685. The van der Waals surface area contributed by atoms with Gasteiger partial charge in [-0.1, -0.05) is 0 Å². The molecule has 1 atom stereocenters. The van der Waals surface area contributed by atoms with Gasteiger partial charge in [0.15, 0.2) is 0 Å². The predicted octanol–water partition coefficient (Wildman–Crippen LogP) is 5.41. The quantitative estimate of drug-likeness (QED) is 0.403. The van der Waals surface area contributed by atoms with E-state index in [1.165, 1.54) is 25.4 Å². The lowest BCUT2D eigenvalue weighted by atomic mass is 9.78. The van der Waals surface area contributed by atoms with Gasteiger partial charge in [0, 0.05) is 35.6 Å². The zero-order valence-electron chi connectivity index (χ0n) is 20.3. The summed E-state index contributed by atoms with van der Waals surface area (Å²) in [5, 5.41) is 13.7. The lowest BCUT2D eigenvalue weighted by Crippen LogP contribution is -2.30. The van der Waals surface area contributed by atoms with Crippen molar-refractivity contribution in [3.63, 3.8) is 0 Å². The van der Waals surface area contributed by atoms with E-state index < -0.39 is 12.5 Å². The summed E-state index contributed by atoms with van der Waals surface area (Å²) in [6.07, 6.45) is 3.44. The number of ether oxygens (including phenoxy) is 1. The van der Waals surface area contributed by atoms with Crippen LogP contribution in [0, 0.1) is 18.8 Å². The van der Waals surface area contributed by atoms with Gasteiger partial charge in [-0.2, -0.15) is 0 Å². The number of carbonyl (C=O) groups is 1. The number of aromatic nitrogens is 3. The summed E-state index contributed by atoms with van der Waals surface area (Å²) in [7, 11) is 1.41. The third kappa shape index (κ3) is 6.40. The van der Waals surface area contributed by atoms with Gasteiger partial charge in [0.05, 0.1) is 24.8 Å². The van der Waals surface area contributed by atoms with Crippen LogP contribution in [0.5, 0.6) is 0 Å². The summed E-state index contributed by atoms with van der Waals surface area (Å²) < 4.78 is 30.8. The smallest absolute Gasteiger partial charge is 0.308 e. The fourth-order valence-electron chi connectivity index (χ4n) is 4.65. The molecule has 3 heterocycles. The molecule has 1 fully saturated rings. The molecule has 36 heavy (non-hydrogen) atoms. The number of methoxy groups -OCH3 is 1. The van der Waals surface area contributed by atoms with Crippen LogP contribution in [0.2, 0.25) is 0 Å². The highest BCUT2D eigenvalue weighted by atomic mass is 19.3. The lowest BCUT2D eigenvalue weighted by molar-refractivity contribution is -0.147. The van der Waals surface area contributed by atoms with Gasteiger partial charge in [-0.3, -0.25) is 9.78 Å². The van der Waals surface area contributed by atoms with Gasteiger partial charge in [-0.25, -0.2) is 18.7 Å². The summed E-state index contributed by atoms with van der Waals surface area (Å²) in [5.41, 5.74) is 3.09. The van der Waals surface area contributed by atoms with E-state index >= 15 is 0 Å². The van der Waals surface area contributed by atoms with Gasteiger partial charge >= 0.3 is 5.97 Å². The highest BCUT2D eigenvalue weighted by Crippen LogP contribution is 2.32. The summed E-state index contributed by atoms with van der Waals surface area (Å²) in [4.78, 5) is 25.0. The number of nitrogens with zero attached hydrogens (tertiary/aromatic N) is 3. The van der Waals surface area contributed by atoms with Crippen LogP contribution in [0.1, 0.15) is 48.9 Å². The number of hydrogen-bond acceptors (Lipinski definition) is 7. The third-order valence-electron chi connectivity index (χ3n) is 6.65. The molecule has 2 N–H and O–H groups in total. The maximum atomic E-state index is 13.0. The van der Waals surface area contributed by atoms with Crippen molar-refractivity contribution < 1.29 is 23.4 Å². The van der Waals surface area contributed by atoms with E-state index in [1.807, 2.05) is 31.2 Å². The molecule has 0 spiro atoms. The van der Waals surface area contributed by atoms with Crippen LogP contribution in [0.25, 0.3) is 11.3 Å². The number of anilines is 2. The van der Waals surface area contributed by atoms with Gasteiger partial charge in [0.2, 0.25) is 0 Å². The molecule has 190 valence electrons. The van der Waals surface area contributed by atoms with Crippen LogP contribution in [0.3, 0.4) is 0 Å². The first-order chi connectivity index (χ1) is 17.3. The monoisotopic (exact) mass is 496 g/mol. The molecule has 3 aromatic rings. The molecule has 3 aromatic heterocycles. The molecular formula is C27H30F2N4O3. The number of alkyl halides is 2. The number of rotatable bonds is 8. The van der Waals surface area contributed by atoms with Crippen molar-refractivity contribution in [2.75, 3.05) is 12.4 Å². The number of nitrogens with one attached hydrogen (secondary N) is 1. The maximum Gasteiger partial charge on any atom is 0.308 e. The average Bonchev–Trinajstić information content (AvgIpc) is 2.88. The average molecular weight is 497 g/mol. The van der Waals surface area contributed by atoms with Crippen molar-refractivity contribution in [3.05, 3.63) is 65.6 Å². The molecular weight excluding hydrogens is 466 g/mol.